The zero-order valence-electron chi connectivity index (χ0n) is 10.7. The Morgan fingerprint density at radius 3 is 3.00 bits per heavy atom. The average Bonchev–Trinajstić information content (AvgIpc) is 2.85. The van der Waals surface area contributed by atoms with Crippen LogP contribution in [0.5, 0.6) is 0 Å². The van der Waals surface area contributed by atoms with Gasteiger partial charge >= 0.3 is 0 Å². The first-order valence-electron chi connectivity index (χ1n) is 6.23. The predicted octanol–water partition coefficient (Wildman–Crippen LogP) is 1.91. The number of fused-ring (bicyclic) bond motifs is 1. The zero-order valence-corrected chi connectivity index (χ0v) is 10.7. The number of aromatic nitrogens is 4. The Balaban J connectivity index is 2.00. The minimum atomic E-state index is 0.0605. The van der Waals surface area contributed by atoms with Crippen LogP contribution in [0, 0.1) is 0 Å². The van der Waals surface area contributed by atoms with E-state index in [-0.39, 0.29) is 6.04 Å². The SMILES string of the molecule is CC(N)Cc1nccc(-c2ccc3nc[nH]c3c2)n1. The highest BCUT2D eigenvalue weighted by molar-refractivity contribution is 5.80. The van der Waals surface area contributed by atoms with Gasteiger partial charge in [0.2, 0.25) is 0 Å². The number of nitrogens with zero attached hydrogens (tertiary/aromatic N) is 3. The standard InChI is InChI=1S/C14H15N5/c1-9(15)6-14-16-5-4-11(19-14)10-2-3-12-13(7-10)18-8-17-12/h2-5,7-9H,6,15H2,1H3,(H,17,18). The van der Waals surface area contributed by atoms with E-state index >= 15 is 0 Å². The van der Waals surface area contributed by atoms with Crippen molar-refractivity contribution in [3.05, 3.63) is 42.6 Å². The van der Waals surface area contributed by atoms with E-state index in [1.807, 2.05) is 31.2 Å². The Kier molecular flexibility index (Phi) is 2.97. The van der Waals surface area contributed by atoms with E-state index in [1.165, 1.54) is 0 Å². The quantitative estimate of drug-likeness (QED) is 0.747. The van der Waals surface area contributed by atoms with Crippen LogP contribution in [0.1, 0.15) is 12.7 Å². The summed E-state index contributed by atoms with van der Waals surface area (Å²) in [4.78, 5) is 16.1. The molecular weight excluding hydrogens is 238 g/mol. The van der Waals surface area contributed by atoms with Crippen LogP contribution in [0.4, 0.5) is 0 Å². The molecule has 1 aromatic carbocycles. The van der Waals surface area contributed by atoms with Crippen molar-refractivity contribution in [2.75, 3.05) is 0 Å². The van der Waals surface area contributed by atoms with E-state index in [4.69, 9.17) is 5.73 Å². The van der Waals surface area contributed by atoms with Crippen LogP contribution in [-0.2, 0) is 6.42 Å². The van der Waals surface area contributed by atoms with Gasteiger partial charge in [-0.15, -0.1) is 0 Å². The molecule has 0 bridgehead atoms. The fourth-order valence-corrected chi connectivity index (χ4v) is 2.04. The second-order valence-electron chi connectivity index (χ2n) is 4.67. The summed E-state index contributed by atoms with van der Waals surface area (Å²) in [6, 6.07) is 8.00. The minimum absolute atomic E-state index is 0.0605. The second kappa shape index (κ2) is 4.78. The van der Waals surface area contributed by atoms with Crippen LogP contribution in [0.25, 0.3) is 22.3 Å². The Labute approximate surface area is 110 Å². The van der Waals surface area contributed by atoms with Crippen molar-refractivity contribution in [1.82, 2.24) is 19.9 Å². The number of benzene rings is 1. The number of H-pyrrole nitrogens is 1. The van der Waals surface area contributed by atoms with Crippen molar-refractivity contribution >= 4 is 11.0 Å². The topological polar surface area (TPSA) is 80.5 Å². The highest BCUT2D eigenvalue weighted by Crippen LogP contribution is 2.20. The molecule has 1 atom stereocenters. The first-order chi connectivity index (χ1) is 9.22. The third kappa shape index (κ3) is 2.46. The maximum Gasteiger partial charge on any atom is 0.130 e. The molecule has 3 N–H and O–H groups in total. The summed E-state index contributed by atoms with van der Waals surface area (Å²) in [7, 11) is 0. The monoisotopic (exact) mass is 253 g/mol. The normalized spacial score (nSPS) is 12.7. The van der Waals surface area contributed by atoms with Crippen molar-refractivity contribution in [2.45, 2.75) is 19.4 Å². The molecule has 0 aliphatic rings. The van der Waals surface area contributed by atoms with Gasteiger partial charge in [-0.3, -0.25) is 0 Å². The van der Waals surface area contributed by atoms with Gasteiger partial charge in [-0.25, -0.2) is 15.0 Å². The van der Waals surface area contributed by atoms with E-state index in [1.54, 1.807) is 12.5 Å². The second-order valence-corrected chi connectivity index (χ2v) is 4.67. The van der Waals surface area contributed by atoms with Gasteiger partial charge in [0.1, 0.15) is 5.82 Å². The van der Waals surface area contributed by atoms with Crippen LogP contribution < -0.4 is 5.73 Å². The Hall–Kier alpha value is -2.27. The van der Waals surface area contributed by atoms with Crippen LogP contribution in [0.2, 0.25) is 0 Å². The lowest BCUT2D eigenvalue weighted by molar-refractivity contribution is 0.702. The molecule has 0 aliphatic heterocycles. The van der Waals surface area contributed by atoms with Gasteiger partial charge in [-0.2, -0.15) is 0 Å². The summed E-state index contributed by atoms with van der Waals surface area (Å²) in [5, 5.41) is 0. The lowest BCUT2D eigenvalue weighted by Crippen LogP contribution is -2.19. The van der Waals surface area contributed by atoms with E-state index in [2.05, 4.69) is 19.9 Å². The van der Waals surface area contributed by atoms with Crippen LogP contribution in [0.3, 0.4) is 0 Å². The molecule has 1 unspecified atom stereocenters. The van der Waals surface area contributed by atoms with Crippen molar-refractivity contribution in [3.8, 4) is 11.3 Å². The molecule has 5 nitrogen and oxygen atoms in total. The Bertz CT molecular complexity index is 702. The fourth-order valence-electron chi connectivity index (χ4n) is 2.04. The summed E-state index contributed by atoms with van der Waals surface area (Å²) in [6.07, 6.45) is 4.15. The Morgan fingerprint density at radius 2 is 2.16 bits per heavy atom. The number of aromatic amines is 1. The van der Waals surface area contributed by atoms with Crippen molar-refractivity contribution < 1.29 is 0 Å². The number of nitrogens with two attached hydrogens (primary N) is 1. The predicted molar refractivity (Wildman–Crippen MR) is 74.5 cm³/mol. The summed E-state index contributed by atoms with van der Waals surface area (Å²) in [5.74, 6) is 0.775. The highest BCUT2D eigenvalue weighted by Gasteiger charge is 2.06. The van der Waals surface area contributed by atoms with E-state index in [9.17, 15) is 0 Å². The number of nitrogens with one attached hydrogen (secondary N) is 1. The van der Waals surface area contributed by atoms with Gasteiger partial charge < -0.3 is 10.7 Å². The molecule has 19 heavy (non-hydrogen) atoms. The molecule has 3 aromatic rings. The summed E-state index contributed by atoms with van der Waals surface area (Å²) >= 11 is 0. The number of hydrogen-bond donors (Lipinski definition) is 2. The van der Waals surface area contributed by atoms with Crippen molar-refractivity contribution in [2.24, 2.45) is 5.73 Å². The van der Waals surface area contributed by atoms with E-state index in [0.717, 1.165) is 28.1 Å². The molecule has 0 saturated heterocycles. The molecule has 0 fully saturated rings. The zero-order chi connectivity index (χ0) is 13.2. The van der Waals surface area contributed by atoms with Crippen molar-refractivity contribution in [3.63, 3.8) is 0 Å². The number of hydrogen-bond acceptors (Lipinski definition) is 4. The van der Waals surface area contributed by atoms with Gasteiger partial charge in [0.15, 0.2) is 0 Å². The molecule has 3 rings (SSSR count). The maximum absolute atomic E-state index is 5.78. The first-order valence-corrected chi connectivity index (χ1v) is 6.23. The smallest absolute Gasteiger partial charge is 0.130 e. The molecule has 2 aromatic heterocycles. The van der Waals surface area contributed by atoms with E-state index < -0.39 is 0 Å². The molecule has 0 spiro atoms. The van der Waals surface area contributed by atoms with Gasteiger partial charge in [0.05, 0.1) is 23.1 Å². The molecule has 0 aliphatic carbocycles. The summed E-state index contributed by atoms with van der Waals surface area (Å²) in [5.41, 5.74) is 9.69. The summed E-state index contributed by atoms with van der Waals surface area (Å²) < 4.78 is 0. The molecular formula is C14H15N5. The molecule has 2 heterocycles. The number of rotatable bonds is 3. The third-order valence-electron chi connectivity index (χ3n) is 2.93. The largest absolute Gasteiger partial charge is 0.345 e. The lowest BCUT2D eigenvalue weighted by atomic mass is 10.1. The maximum atomic E-state index is 5.78. The van der Waals surface area contributed by atoms with Gasteiger partial charge in [0, 0.05) is 24.2 Å². The van der Waals surface area contributed by atoms with E-state index in [0.29, 0.717) is 6.42 Å². The fraction of sp³-hybridized carbons (Fsp3) is 0.214. The third-order valence-corrected chi connectivity index (χ3v) is 2.93. The lowest BCUT2D eigenvalue weighted by Gasteiger charge is -2.06. The van der Waals surface area contributed by atoms with Crippen LogP contribution >= 0.6 is 0 Å². The van der Waals surface area contributed by atoms with Crippen LogP contribution in [0.15, 0.2) is 36.8 Å². The molecule has 0 saturated carbocycles. The van der Waals surface area contributed by atoms with Crippen LogP contribution in [-0.4, -0.2) is 26.0 Å². The molecule has 0 radical (unpaired) electrons. The molecule has 0 amide bonds. The molecule has 5 heteroatoms. The molecule has 96 valence electrons. The minimum Gasteiger partial charge on any atom is -0.345 e. The first kappa shape index (κ1) is 11.8. The summed E-state index contributed by atoms with van der Waals surface area (Å²) in [6.45, 7) is 1.95. The highest BCUT2D eigenvalue weighted by atomic mass is 14.9. The van der Waals surface area contributed by atoms with Crippen molar-refractivity contribution in [1.29, 1.82) is 0 Å². The number of imidazole rings is 1. The van der Waals surface area contributed by atoms with Gasteiger partial charge in [-0.1, -0.05) is 6.07 Å². The van der Waals surface area contributed by atoms with Gasteiger partial charge in [-0.05, 0) is 25.1 Å². The Morgan fingerprint density at radius 1 is 1.26 bits per heavy atom. The van der Waals surface area contributed by atoms with Gasteiger partial charge in [0.25, 0.3) is 0 Å². The average molecular weight is 253 g/mol.